The van der Waals surface area contributed by atoms with Crippen molar-refractivity contribution in [3.8, 4) is 0 Å². The molecule has 3 heteroatoms. The molecule has 3 heterocycles. The minimum atomic E-state index is 0.237. The number of rotatable bonds is 3. The molecule has 0 radical (unpaired) electrons. The van der Waals surface area contributed by atoms with Crippen LogP contribution < -0.4 is 0 Å². The summed E-state index contributed by atoms with van der Waals surface area (Å²) < 4.78 is 0. The molecule has 3 saturated heterocycles. The van der Waals surface area contributed by atoms with E-state index in [2.05, 4.69) is 41.0 Å². The molecule has 114 valence electrons. The van der Waals surface area contributed by atoms with E-state index >= 15 is 0 Å². The van der Waals surface area contributed by atoms with Gasteiger partial charge in [-0.1, -0.05) is 31.2 Å². The van der Waals surface area contributed by atoms with Gasteiger partial charge >= 0.3 is 0 Å². The summed E-state index contributed by atoms with van der Waals surface area (Å²) in [5, 5.41) is 0. The summed E-state index contributed by atoms with van der Waals surface area (Å²) in [6.07, 6.45) is 3.61. The number of aryl methyl sites for hydroxylation is 1. The molecule has 1 aromatic carbocycles. The first kappa shape index (κ1) is 14.6. The van der Waals surface area contributed by atoms with E-state index in [1.54, 1.807) is 6.92 Å². The van der Waals surface area contributed by atoms with Crippen molar-refractivity contribution in [3.05, 3.63) is 35.4 Å². The molecule has 4 rings (SSSR count). The van der Waals surface area contributed by atoms with Gasteiger partial charge < -0.3 is 4.90 Å². The molecule has 21 heavy (non-hydrogen) atoms. The highest BCUT2D eigenvalue weighted by atomic mass is 16.2. The molecule has 0 saturated carbocycles. The number of nitrogens with zero attached hydrogens (tertiary/aromatic N) is 2. The zero-order valence-electron chi connectivity index (χ0n) is 13.2. The highest BCUT2D eigenvalue weighted by Crippen LogP contribution is 2.29. The first-order valence-electron chi connectivity index (χ1n) is 8.23. The van der Waals surface area contributed by atoms with Crippen molar-refractivity contribution in [1.29, 1.82) is 0 Å². The lowest BCUT2D eigenvalue weighted by Crippen LogP contribution is -2.43. The third-order valence-electron chi connectivity index (χ3n) is 5.09. The quantitative estimate of drug-likeness (QED) is 0.853. The summed E-state index contributed by atoms with van der Waals surface area (Å²) in [5.41, 5.74) is 2.80. The molecule has 3 fully saturated rings. The number of fused-ring (bicyclic) bond motifs is 4. The topological polar surface area (TPSA) is 23.6 Å². The van der Waals surface area contributed by atoms with Crippen molar-refractivity contribution in [2.24, 2.45) is 5.92 Å². The number of carbonyl (C=O) groups is 1. The van der Waals surface area contributed by atoms with Crippen LogP contribution >= 0.6 is 0 Å². The molecule has 3 nitrogen and oxygen atoms in total. The Kier molecular flexibility index (Phi) is 4.29. The van der Waals surface area contributed by atoms with E-state index in [1.807, 2.05) is 0 Å². The predicted octanol–water partition coefficient (Wildman–Crippen LogP) is 2.69. The smallest absolute Gasteiger partial charge is 0.219 e. The molecule has 3 aliphatic heterocycles. The fourth-order valence-corrected chi connectivity index (χ4v) is 3.74. The fraction of sp³-hybridized carbons (Fsp3) is 0.611. The number of carbonyl (C=O) groups excluding carboxylic acids is 1. The molecule has 1 aromatic rings. The van der Waals surface area contributed by atoms with Gasteiger partial charge in [-0.15, -0.1) is 0 Å². The van der Waals surface area contributed by atoms with E-state index < -0.39 is 0 Å². The van der Waals surface area contributed by atoms with E-state index in [0.717, 1.165) is 32.6 Å². The molecule has 2 atom stereocenters. The van der Waals surface area contributed by atoms with Gasteiger partial charge in [0, 0.05) is 39.1 Å². The number of hydrogen-bond donors (Lipinski definition) is 0. The average molecular weight is 286 g/mol. The molecule has 2 bridgehead atoms. The van der Waals surface area contributed by atoms with Crippen LogP contribution in [0.4, 0.5) is 0 Å². The first-order chi connectivity index (χ1) is 10.2. The Balaban J connectivity index is 1.69. The van der Waals surface area contributed by atoms with Crippen LogP contribution in [0.3, 0.4) is 0 Å². The summed E-state index contributed by atoms with van der Waals surface area (Å²) in [4.78, 5) is 16.4. The Morgan fingerprint density at radius 2 is 1.81 bits per heavy atom. The van der Waals surface area contributed by atoms with Crippen LogP contribution in [-0.4, -0.2) is 41.4 Å². The molecule has 0 spiro atoms. The minimum Gasteiger partial charge on any atom is -0.341 e. The van der Waals surface area contributed by atoms with Gasteiger partial charge in [0.05, 0.1) is 0 Å². The Morgan fingerprint density at radius 3 is 2.48 bits per heavy atom. The van der Waals surface area contributed by atoms with Crippen LogP contribution in [0.15, 0.2) is 24.3 Å². The first-order valence-corrected chi connectivity index (χ1v) is 8.23. The summed E-state index contributed by atoms with van der Waals surface area (Å²) in [5.74, 6) is 0.892. The van der Waals surface area contributed by atoms with Crippen molar-refractivity contribution in [2.75, 3.05) is 19.6 Å². The van der Waals surface area contributed by atoms with Gasteiger partial charge in [0.1, 0.15) is 0 Å². The molecular weight excluding hydrogens is 260 g/mol. The minimum absolute atomic E-state index is 0.237. The second kappa shape index (κ2) is 6.18. The van der Waals surface area contributed by atoms with Gasteiger partial charge in [0.2, 0.25) is 5.91 Å². The van der Waals surface area contributed by atoms with E-state index in [4.69, 9.17) is 0 Å². The Bertz CT molecular complexity index is 496. The molecule has 3 aliphatic rings. The van der Waals surface area contributed by atoms with E-state index in [1.165, 1.54) is 24.0 Å². The maximum atomic E-state index is 11.7. The Labute approximate surface area is 127 Å². The number of piperidine rings is 1. The van der Waals surface area contributed by atoms with Crippen LogP contribution in [0.1, 0.15) is 37.8 Å². The summed E-state index contributed by atoms with van der Waals surface area (Å²) >= 11 is 0. The van der Waals surface area contributed by atoms with E-state index in [9.17, 15) is 4.79 Å². The monoisotopic (exact) mass is 286 g/mol. The zero-order chi connectivity index (χ0) is 14.8. The molecule has 0 aliphatic carbocycles. The standard InChI is InChI=1S/C18H26N2O/c1-3-15-4-6-16(7-5-15)10-20-12-17-8-9-18(20)13-19(11-17)14(2)21/h4-7,17-18H,3,8-13H2,1-2H3/t17-,18+/m1/s1. The Morgan fingerprint density at radius 1 is 1.10 bits per heavy atom. The van der Waals surface area contributed by atoms with Gasteiger partial charge in [-0.3, -0.25) is 9.69 Å². The van der Waals surface area contributed by atoms with Crippen molar-refractivity contribution in [1.82, 2.24) is 9.80 Å². The molecular formula is C18H26N2O. The lowest BCUT2D eigenvalue weighted by molar-refractivity contribution is -0.129. The van der Waals surface area contributed by atoms with Gasteiger partial charge in [0.25, 0.3) is 0 Å². The van der Waals surface area contributed by atoms with Crippen molar-refractivity contribution in [3.63, 3.8) is 0 Å². The highest BCUT2D eigenvalue weighted by Gasteiger charge is 2.35. The van der Waals surface area contributed by atoms with Crippen LogP contribution in [0.2, 0.25) is 0 Å². The SMILES string of the molecule is CCc1ccc(CN2C[C@@H]3CC[C@H]2CN(C(C)=O)C3)cc1. The number of benzene rings is 1. The maximum absolute atomic E-state index is 11.7. The normalized spacial score (nSPS) is 25.9. The van der Waals surface area contributed by atoms with Crippen LogP contribution in [0.25, 0.3) is 0 Å². The van der Waals surface area contributed by atoms with E-state index in [-0.39, 0.29) is 5.91 Å². The second-order valence-corrected chi connectivity index (χ2v) is 6.62. The number of amides is 1. The predicted molar refractivity (Wildman–Crippen MR) is 85.0 cm³/mol. The van der Waals surface area contributed by atoms with Crippen LogP contribution in [0, 0.1) is 5.92 Å². The third kappa shape index (κ3) is 3.29. The van der Waals surface area contributed by atoms with Crippen molar-refractivity contribution < 1.29 is 4.79 Å². The molecule has 0 unspecified atom stereocenters. The summed E-state index contributed by atoms with van der Waals surface area (Å²) in [6.45, 7) is 7.94. The lowest BCUT2D eigenvalue weighted by Gasteiger charge is -2.36. The van der Waals surface area contributed by atoms with E-state index in [0.29, 0.717) is 12.0 Å². The summed E-state index contributed by atoms with van der Waals surface area (Å²) in [7, 11) is 0. The molecule has 1 amide bonds. The second-order valence-electron chi connectivity index (χ2n) is 6.62. The molecule has 0 aromatic heterocycles. The van der Waals surface area contributed by atoms with Crippen LogP contribution in [0.5, 0.6) is 0 Å². The fourth-order valence-electron chi connectivity index (χ4n) is 3.74. The lowest BCUT2D eigenvalue weighted by atomic mass is 9.94. The van der Waals surface area contributed by atoms with Crippen LogP contribution in [-0.2, 0) is 17.8 Å². The van der Waals surface area contributed by atoms with Crippen molar-refractivity contribution >= 4 is 5.91 Å². The largest absolute Gasteiger partial charge is 0.341 e. The number of hydrogen-bond acceptors (Lipinski definition) is 2. The van der Waals surface area contributed by atoms with Gasteiger partial charge in [-0.05, 0) is 36.3 Å². The highest BCUT2D eigenvalue weighted by molar-refractivity contribution is 5.73. The third-order valence-corrected chi connectivity index (χ3v) is 5.09. The average Bonchev–Trinajstić information content (AvgIpc) is 2.80. The van der Waals surface area contributed by atoms with Crippen molar-refractivity contribution in [2.45, 2.75) is 45.7 Å². The van der Waals surface area contributed by atoms with Gasteiger partial charge in [-0.25, -0.2) is 0 Å². The Hall–Kier alpha value is -1.35. The van der Waals surface area contributed by atoms with Gasteiger partial charge in [0.15, 0.2) is 0 Å². The zero-order valence-corrected chi connectivity index (χ0v) is 13.2. The maximum Gasteiger partial charge on any atom is 0.219 e. The van der Waals surface area contributed by atoms with Gasteiger partial charge in [-0.2, -0.15) is 0 Å². The summed E-state index contributed by atoms with van der Waals surface area (Å²) in [6, 6.07) is 9.56. The molecule has 0 N–H and O–H groups in total.